The molecule has 0 fully saturated rings. The Bertz CT molecular complexity index is 521. The normalized spacial score (nSPS) is 14.9. The molecule has 1 amide bonds. The zero-order valence-corrected chi connectivity index (χ0v) is 11.0. The number of hydrogen-bond acceptors (Lipinski definition) is 3. The summed E-state index contributed by atoms with van der Waals surface area (Å²) in [6.45, 7) is 3.97. The molecule has 0 unspecified atom stereocenters. The van der Waals surface area contributed by atoms with Crippen molar-refractivity contribution in [2.24, 2.45) is 11.1 Å². The SMILES string of the molecule is CN1C(=O)Cc2cc(C(=O)C(C)(C)CN)ccc21. The van der Waals surface area contributed by atoms with Crippen molar-refractivity contribution >= 4 is 17.4 Å². The first-order valence-corrected chi connectivity index (χ1v) is 6.01. The average Bonchev–Trinajstić information content (AvgIpc) is 2.63. The van der Waals surface area contributed by atoms with Crippen LogP contribution in [0, 0.1) is 5.41 Å². The van der Waals surface area contributed by atoms with Crippen LogP contribution in [-0.4, -0.2) is 25.3 Å². The lowest BCUT2D eigenvalue weighted by atomic mass is 9.84. The van der Waals surface area contributed by atoms with Crippen molar-refractivity contribution in [1.29, 1.82) is 0 Å². The molecule has 0 saturated heterocycles. The first-order valence-electron chi connectivity index (χ1n) is 6.01. The summed E-state index contributed by atoms with van der Waals surface area (Å²) in [6.07, 6.45) is 0.371. The van der Waals surface area contributed by atoms with E-state index in [9.17, 15) is 9.59 Å². The standard InChI is InChI=1S/C14H18N2O2/c1-14(2,8-15)13(18)9-4-5-11-10(6-9)7-12(17)16(11)3/h4-6H,7-8,15H2,1-3H3. The molecule has 96 valence electrons. The number of nitrogens with zero attached hydrogens (tertiary/aromatic N) is 1. The number of fused-ring (bicyclic) bond motifs is 1. The molecule has 0 radical (unpaired) electrons. The molecule has 1 aliphatic rings. The Morgan fingerprint density at radius 3 is 2.72 bits per heavy atom. The van der Waals surface area contributed by atoms with Crippen molar-refractivity contribution in [3.05, 3.63) is 29.3 Å². The smallest absolute Gasteiger partial charge is 0.231 e. The summed E-state index contributed by atoms with van der Waals surface area (Å²) in [5, 5.41) is 0. The summed E-state index contributed by atoms with van der Waals surface area (Å²) in [7, 11) is 1.75. The summed E-state index contributed by atoms with van der Waals surface area (Å²) >= 11 is 0. The summed E-state index contributed by atoms with van der Waals surface area (Å²) in [5.41, 5.74) is 7.49. The summed E-state index contributed by atoms with van der Waals surface area (Å²) in [6, 6.07) is 5.42. The quantitative estimate of drug-likeness (QED) is 0.819. The predicted octanol–water partition coefficient (Wildman–Crippen LogP) is 1.37. The van der Waals surface area contributed by atoms with Crippen LogP contribution >= 0.6 is 0 Å². The number of carbonyl (C=O) groups is 2. The molecular formula is C14H18N2O2. The van der Waals surface area contributed by atoms with Crippen molar-refractivity contribution < 1.29 is 9.59 Å². The maximum Gasteiger partial charge on any atom is 0.231 e. The Kier molecular flexibility index (Phi) is 2.99. The minimum Gasteiger partial charge on any atom is -0.329 e. The van der Waals surface area contributed by atoms with Gasteiger partial charge < -0.3 is 10.6 Å². The van der Waals surface area contributed by atoms with Crippen LogP contribution in [0.15, 0.2) is 18.2 Å². The third-order valence-corrected chi connectivity index (χ3v) is 3.54. The molecule has 1 aromatic rings. The highest BCUT2D eigenvalue weighted by atomic mass is 16.2. The number of Topliss-reactive ketones (excluding diaryl/α,β-unsaturated/α-hetero) is 1. The molecule has 4 heteroatoms. The fraction of sp³-hybridized carbons (Fsp3) is 0.429. The molecule has 0 bridgehead atoms. The van der Waals surface area contributed by atoms with Gasteiger partial charge in [-0.2, -0.15) is 0 Å². The van der Waals surface area contributed by atoms with Crippen molar-refractivity contribution in [2.45, 2.75) is 20.3 Å². The Hall–Kier alpha value is -1.68. The lowest BCUT2D eigenvalue weighted by Gasteiger charge is -2.21. The predicted molar refractivity (Wildman–Crippen MR) is 70.7 cm³/mol. The van der Waals surface area contributed by atoms with Crippen molar-refractivity contribution in [3.8, 4) is 0 Å². The fourth-order valence-corrected chi connectivity index (χ4v) is 2.09. The molecule has 1 heterocycles. The van der Waals surface area contributed by atoms with Gasteiger partial charge in [-0.15, -0.1) is 0 Å². The molecule has 0 saturated carbocycles. The van der Waals surface area contributed by atoms with Crippen molar-refractivity contribution in [2.75, 3.05) is 18.5 Å². The van der Waals surface area contributed by atoms with Crippen LogP contribution in [-0.2, 0) is 11.2 Å². The molecule has 0 atom stereocenters. The molecule has 4 nitrogen and oxygen atoms in total. The zero-order valence-electron chi connectivity index (χ0n) is 11.0. The molecular weight excluding hydrogens is 228 g/mol. The molecule has 0 aliphatic carbocycles. The Morgan fingerprint density at radius 1 is 1.44 bits per heavy atom. The minimum absolute atomic E-state index is 0.0230. The number of anilines is 1. The highest BCUT2D eigenvalue weighted by Crippen LogP contribution is 2.30. The van der Waals surface area contributed by atoms with E-state index in [1.165, 1.54) is 0 Å². The van der Waals surface area contributed by atoms with Gasteiger partial charge in [0, 0.05) is 30.3 Å². The van der Waals surface area contributed by atoms with Gasteiger partial charge in [0.1, 0.15) is 0 Å². The summed E-state index contributed by atoms with van der Waals surface area (Å²) < 4.78 is 0. The van der Waals surface area contributed by atoms with E-state index < -0.39 is 5.41 Å². The third kappa shape index (κ3) is 1.93. The van der Waals surface area contributed by atoms with Gasteiger partial charge in [0.05, 0.1) is 6.42 Å². The number of carbonyl (C=O) groups excluding carboxylic acids is 2. The minimum atomic E-state index is -0.567. The highest BCUT2D eigenvalue weighted by Gasteiger charge is 2.29. The van der Waals surface area contributed by atoms with Gasteiger partial charge in [0.25, 0.3) is 0 Å². The van der Waals surface area contributed by atoms with Crippen LogP contribution in [0.3, 0.4) is 0 Å². The molecule has 1 aromatic carbocycles. The van der Waals surface area contributed by atoms with Crippen LogP contribution in [0.5, 0.6) is 0 Å². The molecule has 0 aromatic heterocycles. The largest absolute Gasteiger partial charge is 0.329 e. The Morgan fingerprint density at radius 2 is 2.11 bits per heavy atom. The number of nitrogens with two attached hydrogens (primary N) is 1. The van der Waals surface area contributed by atoms with E-state index >= 15 is 0 Å². The van der Waals surface area contributed by atoms with Gasteiger partial charge in [-0.3, -0.25) is 9.59 Å². The van der Waals surface area contributed by atoms with Crippen molar-refractivity contribution in [1.82, 2.24) is 0 Å². The number of likely N-dealkylation sites (N-methyl/N-ethyl adjacent to an activating group) is 1. The van der Waals surface area contributed by atoms with Crippen LogP contribution in [0.25, 0.3) is 0 Å². The molecule has 18 heavy (non-hydrogen) atoms. The first-order chi connectivity index (χ1) is 8.36. The van der Waals surface area contributed by atoms with Crippen molar-refractivity contribution in [3.63, 3.8) is 0 Å². The van der Waals surface area contributed by atoms with Crippen LogP contribution < -0.4 is 10.6 Å². The molecule has 2 rings (SSSR count). The highest BCUT2D eigenvalue weighted by molar-refractivity contribution is 6.04. The zero-order chi connectivity index (χ0) is 13.5. The van der Waals surface area contributed by atoms with E-state index in [-0.39, 0.29) is 11.7 Å². The second-order valence-corrected chi connectivity index (χ2v) is 5.39. The fourth-order valence-electron chi connectivity index (χ4n) is 2.09. The maximum atomic E-state index is 12.3. The van der Waals surface area contributed by atoms with Gasteiger partial charge in [0.15, 0.2) is 5.78 Å². The monoisotopic (exact) mass is 246 g/mol. The van der Waals surface area contributed by atoms with E-state index in [0.29, 0.717) is 18.5 Å². The number of ketones is 1. The van der Waals surface area contributed by atoms with Crippen LogP contribution in [0.1, 0.15) is 29.8 Å². The second kappa shape index (κ2) is 4.21. The topological polar surface area (TPSA) is 63.4 Å². The van der Waals surface area contributed by atoms with Gasteiger partial charge in [0.2, 0.25) is 5.91 Å². The van der Waals surface area contributed by atoms with Gasteiger partial charge >= 0.3 is 0 Å². The Labute approximate surface area is 107 Å². The van der Waals surface area contributed by atoms with Gasteiger partial charge in [-0.1, -0.05) is 13.8 Å². The maximum absolute atomic E-state index is 12.3. The summed E-state index contributed by atoms with van der Waals surface area (Å²) in [4.78, 5) is 25.5. The van der Waals surface area contributed by atoms with E-state index in [1.54, 1.807) is 18.0 Å². The molecule has 1 aliphatic heterocycles. The average molecular weight is 246 g/mol. The lowest BCUT2D eigenvalue weighted by molar-refractivity contribution is -0.117. The number of benzene rings is 1. The third-order valence-electron chi connectivity index (χ3n) is 3.54. The first kappa shape index (κ1) is 12.8. The number of hydrogen-bond donors (Lipinski definition) is 1. The van der Waals surface area contributed by atoms with E-state index in [2.05, 4.69) is 0 Å². The number of amides is 1. The van der Waals surface area contributed by atoms with Crippen LogP contribution in [0.2, 0.25) is 0 Å². The van der Waals surface area contributed by atoms with E-state index in [1.807, 2.05) is 26.0 Å². The van der Waals surface area contributed by atoms with E-state index in [4.69, 9.17) is 5.73 Å². The van der Waals surface area contributed by atoms with Gasteiger partial charge in [-0.05, 0) is 23.8 Å². The number of rotatable bonds is 3. The van der Waals surface area contributed by atoms with Gasteiger partial charge in [-0.25, -0.2) is 0 Å². The molecule has 0 spiro atoms. The Balaban J connectivity index is 2.37. The second-order valence-electron chi connectivity index (χ2n) is 5.39. The van der Waals surface area contributed by atoms with E-state index in [0.717, 1.165) is 11.3 Å². The molecule has 2 N–H and O–H groups in total. The lowest BCUT2D eigenvalue weighted by Crippen LogP contribution is -2.32. The van der Waals surface area contributed by atoms with Crippen LogP contribution in [0.4, 0.5) is 5.69 Å². The summed E-state index contributed by atoms with van der Waals surface area (Å²) in [5.74, 6) is 0.0856.